The van der Waals surface area contributed by atoms with E-state index in [4.69, 9.17) is 4.74 Å². The van der Waals surface area contributed by atoms with Gasteiger partial charge in [-0.3, -0.25) is 0 Å². The average Bonchev–Trinajstić information content (AvgIpc) is 2.18. The van der Waals surface area contributed by atoms with Crippen LogP contribution >= 0.6 is 0 Å². The first-order valence-electron chi connectivity index (χ1n) is 4.76. The van der Waals surface area contributed by atoms with Gasteiger partial charge in [0.05, 0.1) is 13.7 Å². The molecule has 0 bridgehead atoms. The lowest BCUT2D eigenvalue weighted by Crippen LogP contribution is -2.51. The Hall–Kier alpha value is -1.02. The maximum atomic E-state index is 5.27. The molecule has 0 saturated heterocycles. The molecule has 0 radical (unpaired) electrons. The highest BCUT2D eigenvalue weighted by molar-refractivity contribution is 5.37. The lowest BCUT2D eigenvalue weighted by Gasteiger charge is -2.08. The fourth-order valence-corrected chi connectivity index (χ4v) is 1.44. The second-order valence-corrected chi connectivity index (χ2v) is 3.10. The largest absolute Gasteiger partial charge is 0.496 e. The van der Waals surface area contributed by atoms with E-state index < -0.39 is 0 Å². The van der Waals surface area contributed by atoms with Gasteiger partial charge in [-0.1, -0.05) is 19.1 Å². The zero-order valence-corrected chi connectivity index (χ0v) is 8.47. The van der Waals surface area contributed by atoms with Crippen molar-refractivity contribution in [3.8, 4) is 5.75 Å². The third kappa shape index (κ3) is 2.46. The van der Waals surface area contributed by atoms with Crippen molar-refractivity contribution in [2.75, 3.05) is 13.7 Å². The quantitative estimate of drug-likeness (QED) is 0.738. The predicted octanol–water partition coefficient (Wildman–Crippen LogP) is 1.04. The van der Waals surface area contributed by atoms with Gasteiger partial charge >= 0.3 is 0 Å². The first kappa shape index (κ1) is 10.1. The van der Waals surface area contributed by atoms with Gasteiger partial charge in [0.2, 0.25) is 0 Å². The summed E-state index contributed by atoms with van der Waals surface area (Å²) in [6.07, 6.45) is 2.07. The van der Waals surface area contributed by atoms with Gasteiger partial charge < -0.3 is 10.5 Å². The van der Waals surface area contributed by atoms with Gasteiger partial charge in [0, 0.05) is 6.42 Å². The summed E-state index contributed by atoms with van der Waals surface area (Å²) < 4.78 is 5.27. The number of hydrogen-bond donors (Lipinski definition) is 1. The maximum absolute atomic E-state index is 5.27. The van der Waals surface area contributed by atoms with Crippen LogP contribution in [0.15, 0.2) is 18.2 Å². The molecule has 1 aromatic rings. The van der Waals surface area contributed by atoms with E-state index in [0.29, 0.717) is 0 Å². The fourth-order valence-electron chi connectivity index (χ4n) is 1.44. The van der Waals surface area contributed by atoms with Crippen LogP contribution in [0.2, 0.25) is 0 Å². The van der Waals surface area contributed by atoms with E-state index in [1.165, 1.54) is 11.1 Å². The van der Waals surface area contributed by atoms with Crippen LogP contribution < -0.4 is 10.5 Å². The van der Waals surface area contributed by atoms with E-state index >= 15 is 0 Å². The Morgan fingerprint density at radius 3 is 2.69 bits per heavy atom. The van der Waals surface area contributed by atoms with Crippen LogP contribution in [-0.4, -0.2) is 13.7 Å². The summed E-state index contributed by atoms with van der Waals surface area (Å²) in [6, 6.07) is 6.37. The molecule has 3 N–H and O–H groups in total. The maximum Gasteiger partial charge on any atom is 0.122 e. The molecular formula is C11H18NO+. The Morgan fingerprint density at radius 2 is 2.15 bits per heavy atom. The zero-order valence-electron chi connectivity index (χ0n) is 8.47. The molecule has 0 amide bonds. The van der Waals surface area contributed by atoms with Crippen molar-refractivity contribution < 1.29 is 10.5 Å². The molecule has 0 fully saturated rings. The highest BCUT2D eigenvalue weighted by atomic mass is 16.5. The highest BCUT2D eigenvalue weighted by Gasteiger charge is 2.03. The number of ether oxygens (including phenoxy) is 1. The van der Waals surface area contributed by atoms with Gasteiger partial charge in [-0.15, -0.1) is 0 Å². The summed E-state index contributed by atoms with van der Waals surface area (Å²) in [5, 5.41) is 0. The summed E-state index contributed by atoms with van der Waals surface area (Å²) in [7, 11) is 1.72. The molecule has 0 spiro atoms. The standard InChI is InChI=1S/C11H17NO/c1-3-9-4-5-11(13-2)10(8-9)6-7-12/h4-5,8H,3,6-7,12H2,1-2H3/p+1. The van der Waals surface area contributed by atoms with E-state index in [2.05, 4.69) is 24.8 Å². The van der Waals surface area contributed by atoms with Crippen molar-refractivity contribution in [2.45, 2.75) is 19.8 Å². The third-order valence-electron chi connectivity index (χ3n) is 2.20. The zero-order chi connectivity index (χ0) is 9.68. The monoisotopic (exact) mass is 180 g/mol. The van der Waals surface area contributed by atoms with E-state index in [0.717, 1.165) is 25.1 Å². The van der Waals surface area contributed by atoms with Gasteiger partial charge in [-0.25, -0.2) is 0 Å². The van der Waals surface area contributed by atoms with E-state index in [9.17, 15) is 0 Å². The fraction of sp³-hybridized carbons (Fsp3) is 0.455. The molecule has 0 aliphatic rings. The van der Waals surface area contributed by atoms with Gasteiger partial charge in [0.25, 0.3) is 0 Å². The number of benzene rings is 1. The minimum atomic E-state index is 0.920. The molecule has 0 heterocycles. The summed E-state index contributed by atoms with van der Waals surface area (Å²) in [6.45, 7) is 3.08. The second kappa shape index (κ2) is 4.87. The van der Waals surface area contributed by atoms with E-state index in [1.807, 2.05) is 6.07 Å². The number of hydrogen-bond acceptors (Lipinski definition) is 1. The molecular weight excluding hydrogens is 162 g/mol. The number of rotatable bonds is 4. The number of quaternary nitrogens is 1. The van der Waals surface area contributed by atoms with Crippen molar-refractivity contribution in [1.82, 2.24) is 0 Å². The van der Waals surface area contributed by atoms with Crippen molar-refractivity contribution in [3.05, 3.63) is 29.3 Å². The Kier molecular flexibility index (Phi) is 3.77. The lowest BCUT2D eigenvalue weighted by molar-refractivity contribution is -0.366. The van der Waals surface area contributed by atoms with Crippen LogP contribution in [0, 0.1) is 0 Å². The second-order valence-electron chi connectivity index (χ2n) is 3.10. The Bertz CT molecular complexity index is 271. The van der Waals surface area contributed by atoms with Crippen molar-refractivity contribution in [1.29, 1.82) is 0 Å². The van der Waals surface area contributed by atoms with Crippen LogP contribution in [0.1, 0.15) is 18.1 Å². The Balaban J connectivity index is 2.95. The third-order valence-corrected chi connectivity index (χ3v) is 2.20. The first-order valence-corrected chi connectivity index (χ1v) is 4.76. The molecule has 0 aliphatic carbocycles. The molecule has 2 heteroatoms. The molecule has 1 rings (SSSR count). The van der Waals surface area contributed by atoms with Crippen LogP contribution in [0.25, 0.3) is 0 Å². The number of aryl methyl sites for hydroxylation is 1. The Labute approximate surface area is 79.7 Å². The van der Waals surface area contributed by atoms with Gasteiger partial charge in [0.15, 0.2) is 0 Å². The smallest absolute Gasteiger partial charge is 0.122 e. The first-order chi connectivity index (χ1) is 6.31. The molecule has 72 valence electrons. The van der Waals surface area contributed by atoms with Crippen molar-refractivity contribution in [3.63, 3.8) is 0 Å². The van der Waals surface area contributed by atoms with Gasteiger partial charge in [-0.05, 0) is 23.6 Å². The van der Waals surface area contributed by atoms with Crippen molar-refractivity contribution >= 4 is 0 Å². The normalized spacial score (nSPS) is 10.1. The molecule has 2 nitrogen and oxygen atoms in total. The summed E-state index contributed by atoms with van der Waals surface area (Å²) in [5.74, 6) is 0.987. The van der Waals surface area contributed by atoms with Gasteiger partial charge in [-0.2, -0.15) is 0 Å². The molecule has 0 unspecified atom stereocenters. The average molecular weight is 180 g/mol. The minimum Gasteiger partial charge on any atom is -0.496 e. The lowest BCUT2D eigenvalue weighted by atomic mass is 10.1. The molecule has 0 atom stereocenters. The molecule has 0 aromatic heterocycles. The SMILES string of the molecule is CCc1ccc(OC)c(CC[NH3+])c1. The van der Waals surface area contributed by atoms with Crippen LogP contribution in [0.5, 0.6) is 5.75 Å². The van der Waals surface area contributed by atoms with Gasteiger partial charge in [0.1, 0.15) is 5.75 Å². The van der Waals surface area contributed by atoms with Crippen LogP contribution in [-0.2, 0) is 12.8 Å². The van der Waals surface area contributed by atoms with Crippen molar-refractivity contribution in [2.24, 2.45) is 0 Å². The van der Waals surface area contributed by atoms with E-state index in [-0.39, 0.29) is 0 Å². The summed E-state index contributed by atoms with van der Waals surface area (Å²) in [5.41, 5.74) is 6.50. The summed E-state index contributed by atoms with van der Waals surface area (Å²) >= 11 is 0. The topological polar surface area (TPSA) is 36.9 Å². The van der Waals surface area contributed by atoms with E-state index in [1.54, 1.807) is 7.11 Å². The molecule has 13 heavy (non-hydrogen) atoms. The highest BCUT2D eigenvalue weighted by Crippen LogP contribution is 2.20. The molecule has 0 aliphatic heterocycles. The summed E-state index contributed by atoms with van der Waals surface area (Å²) in [4.78, 5) is 0. The van der Waals surface area contributed by atoms with Crippen LogP contribution in [0.4, 0.5) is 0 Å². The minimum absolute atomic E-state index is 0.920. The Morgan fingerprint density at radius 1 is 1.38 bits per heavy atom. The van der Waals surface area contributed by atoms with Crippen LogP contribution in [0.3, 0.4) is 0 Å². The predicted molar refractivity (Wildman–Crippen MR) is 53.8 cm³/mol. The number of methoxy groups -OCH3 is 1. The molecule has 0 saturated carbocycles. The molecule has 1 aromatic carbocycles.